The summed E-state index contributed by atoms with van der Waals surface area (Å²) in [5.74, 6) is -0.972. The van der Waals surface area contributed by atoms with E-state index in [1.165, 1.54) is 57.8 Å². The minimum Gasteiger partial charge on any atom is -0.462 e. The number of unbranched alkanes of at least 4 members (excludes halogenated alkanes) is 13. The molecule has 0 aromatic carbocycles. The number of aliphatic hydroxyl groups is 2. The fourth-order valence-electron chi connectivity index (χ4n) is 4.18. The summed E-state index contributed by atoms with van der Waals surface area (Å²) in [6.45, 7) is 2.05. The largest absolute Gasteiger partial charge is 0.472 e. The van der Waals surface area contributed by atoms with Crippen LogP contribution in [0, 0.1) is 0 Å². The van der Waals surface area contributed by atoms with Gasteiger partial charge in [-0.25, -0.2) is 4.57 Å². The highest BCUT2D eigenvalue weighted by Crippen LogP contribution is 2.43. The molecular weight excluding hydrogens is 587 g/mol. The average molecular weight is 649 g/mol. The Balaban J connectivity index is 4.09. The lowest BCUT2D eigenvalue weighted by Gasteiger charge is -2.20. The lowest BCUT2D eigenvalue weighted by Crippen LogP contribution is -2.29. The first-order valence-corrected chi connectivity index (χ1v) is 18.3. The Kier molecular flexibility index (Phi) is 29.1. The molecule has 0 spiro atoms. The third-order valence-electron chi connectivity index (χ3n) is 6.86. The predicted octanol–water partition coefficient (Wildman–Crippen LogP) is 7.49. The Morgan fingerprint density at radius 1 is 0.682 bits per heavy atom. The molecular formula is C33H61O10P. The third-order valence-corrected chi connectivity index (χ3v) is 7.81. The fourth-order valence-corrected chi connectivity index (χ4v) is 4.97. The van der Waals surface area contributed by atoms with Crippen LogP contribution in [0.3, 0.4) is 0 Å². The maximum atomic E-state index is 12.4. The molecule has 0 fully saturated rings. The van der Waals surface area contributed by atoms with Gasteiger partial charge in [-0.3, -0.25) is 18.6 Å². The first-order chi connectivity index (χ1) is 21.2. The van der Waals surface area contributed by atoms with Crippen molar-refractivity contribution >= 4 is 19.8 Å². The van der Waals surface area contributed by atoms with Crippen molar-refractivity contribution in [3.63, 3.8) is 0 Å². The molecule has 3 atom stereocenters. The van der Waals surface area contributed by atoms with Crippen LogP contribution in [0.2, 0.25) is 0 Å². The molecule has 258 valence electrons. The van der Waals surface area contributed by atoms with Gasteiger partial charge in [-0.2, -0.15) is 0 Å². The number of allylic oxidation sites excluding steroid dienone is 4. The molecule has 0 amide bonds. The molecule has 0 saturated carbocycles. The Bertz CT molecular complexity index is 801. The molecule has 0 bridgehead atoms. The van der Waals surface area contributed by atoms with E-state index < -0.39 is 51.8 Å². The highest BCUT2D eigenvalue weighted by molar-refractivity contribution is 7.47. The zero-order valence-electron chi connectivity index (χ0n) is 27.4. The highest BCUT2D eigenvalue weighted by Gasteiger charge is 2.27. The first-order valence-electron chi connectivity index (χ1n) is 16.8. The number of carbonyl (C=O) groups excluding carboxylic acids is 2. The summed E-state index contributed by atoms with van der Waals surface area (Å²) in [4.78, 5) is 34.0. The lowest BCUT2D eigenvalue weighted by atomic mass is 10.1. The Morgan fingerprint density at radius 2 is 1.20 bits per heavy atom. The van der Waals surface area contributed by atoms with Crippen LogP contribution < -0.4 is 0 Å². The second-order valence-electron chi connectivity index (χ2n) is 11.2. The van der Waals surface area contributed by atoms with Gasteiger partial charge in [0, 0.05) is 12.8 Å². The van der Waals surface area contributed by atoms with Gasteiger partial charge in [0.05, 0.1) is 19.8 Å². The standard InChI is InChI=1S/C33H61O10P/c1-3-5-7-8-9-10-11-12-13-14-15-16-17-18-19-20-21-22-23-25-33(37)43-31(28-40-32(36)24-6-4-2)29-42-44(38,39)41-27-30(35)26-34/h9-10,12-13,30-31,34-35H,3-8,11,14-29H2,1-2H3,(H,38,39)/b10-9-,13-12-. The molecule has 11 heteroatoms. The third kappa shape index (κ3) is 29.2. The van der Waals surface area contributed by atoms with Crippen LogP contribution in [-0.2, 0) is 32.7 Å². The molecule has 10 nitrogen and oxygen atoms in total. The zero-order valence-corrected chi connectivity index (χ0v) is 28.3. The molecule has 0 aliphatic carbocycles. The van der Waals surface area contributed by atoms with Crippen molar-refractivity contribution in [1.29, 1.82) is 0 Å². The molecule has 0 aromatic rings. The van der Waals surface area contributed by atoms with Gasteiger partial charge in [0.2, 0.25) is 0 Å². The Morgan fingerprint density at radius 3 is 1.80 bits per heavy atom. The van der Waals surface area contributed by atoms with E-state index in [9.17, 15) is 24.2 Å². The highest BCUT2D eigenvalue weighted by atomic mass is 31.2. The van der Waals surface area contributed by atoms with Crippen molar-refractivity contribution in [2.45, 2.75) is 148 Å². The molecule has 44 heavy (non-hydrogen) atoms. The minimum atomic E-state index is -4.59. The van der Waals surface area contributed by atoms with Crippen LogP contribution in [0.25, 0.3) is 0 Å². The fraction of sp³-hybridized carbons (Fsp3) is 0.818. The second-order valence-corrected chi connectivity index (χ2v) is 12.6. The van der Waals surface area contributed by atoms with E-state index in [-0.39, 0.29) is 19.4 Å². The number of hydrogen-bond donors (Lipinski definition) is 3. The topological polar surface area (TPSA) is 149 Å². The number of ether oxygens (including phenoxy) is 2. The Labute approximate surface area is 266 Å². The number of hydrogen-bond acceptors (Lipinski definition) is 9. The number of esters is 2. The summed E-state index contributed by atoms with van der Waals surface area (Å²) >= 11 is 0. The van der Waals surface area contributed by atoms with E-state index >= 15 is 0 Å². The van der Waals surface area contributed by atoms with Gasteiger partial charge in [-0.05, 0) is 44.9 Å². The Hall–Kier alpha value is -1.55. The molecule has 0 aliphatic rings. The quantitative estimate of drug-likeness (QED) is 0.0299. The number of carbonyl (C=O) groups is 2. The van der Waals surface area contributed by atoms with E-state index in [0.717, 1.165) is 38.5 Å². The number of rotatable bonds is 31. The van der Waals surface area contributed by atoms with Crippen molar-refractivity contribution in [3.8, 4) is 0 Å². The number of phosphoric ester groups is 1. The minimum absolute atomic E-state index is 0.179. The van der Waals surface area contributed by atoms with Crippen LogP contribution >= 0.6 is 7.82 Å². The number of phosphoric acid groups is 1. The molecule has 0 aliphatic heterocycles. The van der Waals surface area contributed by atoms with Crippen LogP contribution in [0.1, 0.15) is 136 Å². The van der Waals surface area contributed by atoms with Crippen molar-refractivity contribution in [2.75, 3.05) is 26.4 Å². The molecule has 0 radical (unpaired) electrons. The molecule has 0 rings (SSSR count). The van der Waals surface area contributed by atoms with Crippen LogP contribution in [0.15, 0.2) is 24.3 Å². The lowest BCUT2D eigenvalue weighted by molar-refractivity contribution is -0.161. The smallest absolute Gasteiger partial charge is 0.462 e. The number of aliphatic hydroxyl groups excluding tert-OH is 2. The van der Waals surface area contributed by atoms with Crippen LogP contribution in [0.4, 0.5) is 0 Å². The van der Waals surface area contributed by atoms with Crippen molar-refractivity contribution < 1.29 is 47.8 Å². The summed E-state index contributed by atoms with van der Waals surface area (Å²) in [5, 5.41) is 18.1. The van der Waals surface area contributed by atoms with E-state index in [1.54, 1.807) is 0 Å². The summed E-state index contributed by atoms with van der Waals surface area (Å²) in [6.07, 6.45) is 25.7. The van der Waals surface area contributed by atoms with Crippen molar-refractivity contribution in [1.82, 2.24) is 0 Å². The van der Waals surface area contributed by atoms with E-state index in [2.05, 4.69) is 35.8 Å². The normalized spacial score (nSPS) is 14.6. The SMILES string of the molecule is CCCCC/C=C\C/C=C\CCCCCCCCCCCC(=O)OC(COC(=O)CCCC)COP(=O)(O)OCC(O)CO. The average Bonchev–Trinajstić information content (AvgIpc) is 3.01. The van der Waals surface area contributed by atoms with Gasteiger partial charge in [-0.15, -0.1) is 0 Å². The molecule has 3 unspecified atom stereocenters. The van der Waals surface area contributed by atoms with Gasteiger partial charge in [0.1, 0.15) is 12.7 Å². The molecule has 0 saturated heterocycles. The van der Waals surface area contributed by atoms with E-state index in [0.29, 0.717) is 12.8 Å². The van der Waals surface area contributed by atoms with E-state index in [4.69, 9.17) is 19.1 Å². The summed E-state index contributed by atoms with van der Waals surface area (Å²) < 4.78 is 32.0. The van der Waals surface area contributed by atoms with E-state index in [1.807, 2.05) is 6.92 Å². The predicted molar refractivity (Wildman–Crippen MR) is 173 cm³/mol. The van der Waals surface area contributed by atoms with Crippen LogP contribution in [0.5, 0.6) is 0 Å². The monoisotopic (exact) mass is 648 g/mol. The van der Waals surface area contributed by atoms with Crippen molar-refractivity contribution in [3.05, 3.63) is 24.3 Å². The van der Waals surface area contributed by atoms with Gasteiger partial charge in [0.15, 0.2) is 6.10 Å². The zero-order chi connectivity index (χ0) is 32.7. The maximum absolute atomic E-state index is 12.4. The van der Waals surface area contributed by atoms with Crippen molar-refractivity contribution in [2.24, 2.45) is 0 Å². The van der Waals surface area contributed by atoms with Gasteiger partial charge >= 0.3 is 19.8 Å². The van der Waals surface area contributed by atoms with Gasteiger partial charge in [-0.1, -0.05) is 102 Å². The summed E-state index contributed by atoms with van der Waals surface area (Å²) in [7, 11) is -4.59. The first kappa shape index (κ1) is 42.5. The molecule has 0 aromatic heterocycles. The molecule has 3 N–H and O–H groups in total. The summed E-state index contributed by atoms with van der Waals surface area (Å²) in [5.41, 5.74) is 0. The van der Waals surface area contributed by atoms with Gasteiger partial charge < -0.3 is 24.6 Å². The maximum Gasteiger partial charge on any atom is 0.472 e. The molecule has 0 heterocycles. The second kappa shape index (κ2) is 30.1. The van der Waals surface area contributed by atoms with Gasteiger partial charge in [0.25, 0.3) is 0 Å². The van der Waals surface area contributed by atoms with Crippen LogP contribution in [-0.4, -0.2) is 65.7 Å². The summed E-state index contributed by atoms with van der Waals surface area (Å²) in [6, 6.07) is 0.